The highest BCUT2D eigenvalue weighted by molar-refractivity contribution is 5.78. The van der Waals surface area contributed by atoms with Crippen molar-refractivity contribution in [3.05, 3.63) is 0 Å². The SMILES string of the molecule is CCC(CC)NC(=O)CNC1CCCC(C)(C)C1. The largest absolute Gasteiger partial charge is 0.352 e. The normalized spacial score (nSPS) is 23.1. The van der Waals surface area contributed by atoms with Gasteiger partial charge in [-0.2, -0.15) is 0 Å². The summed E-state index contributed by atoms with van der Waals surface area (Å²) in [5, 5.41) is 6.49. The van der Waals surface area contributed by atoms with Crippen LogP contribution in [0.25, 0.3) is 0 Å². The second kappa shape index (κ2) is 7.13. The molecular formula is C15H30N2O. The zero-order valence-electron chi connectivity index (χ0n) is 12.5. The molecular weight excluding hydrogens is 224 g/mol. The Hall–Kier alpha value is -0.570. The molecule has 0 aromatic carbocycles. The molecule has 1 unspecified atom stereocenters. The number of carbonyl (C=O) groups excluding carboxylic acids is 1. The van der Waals surface area contributed by atoms with Crippen molar-refractivity contribution >= 4 is 5.91 Å². The number of hydrogen-bond acceptors (Lipinski definition) is 2. The van der Waals surface area contributed by atoms with Crippen molar-refractivity contribution in [3.63, 3.8) is 0 Å². The molecule has 3 nitrogen and oxygen atoms in total. The molecule has 0 spiro atoms. The zero-order valence-corrected chi connectivity index (χ0v) is 12.5. The molecule has 0 saturated heterocycles. The van der Waals surface area contributed by atoms with Gasteiger partial charge in [0.15, 0.2) is 0 Å². The predicted octanol–water partition coefficient (Wildman–Crippen LogP) is 2.85. The first-order valence-electron chi connectivity index (χ1n) is 7.49. The highest BCUT2D eigenvalue weighted by Crippen LogP contribution is 2.34. The van der Waals surface area contributed by atoms with Gasteiger partial charge in [0.25, 0.3) is 0 Å². The van der Waals surface area contributed by atoms with E-state index >= 15 is 0 Å². The van der Waals surface area contributed by atoms with Gasteiger partial charge in [-0.05, 0) is 37.5 Å². The third kappa shape index (κ3) is 5.38. The molecule has 0 aromatic rings. The maximum Gasteiger partial charge on any atom is 0.234 e. The van der Waals surface area contributed by atoms with E-state index in [4.69, 9.17) is 0 Å². The molecule has 0 aliphatic heterocycles. The van der Waals surface area contributed by atoms with Crippen LogP contribution in [0.3, 0.4) is 0 Å². The van der Waals surface area contributed by atoms with Crippen LogP contribution in [0.15, 0.2) is 0 Å². The van der Waals surface area contributed by atoms with Crippen molar-refractivity contribution in [2.75, 3.05) is 6.54 Å². The molecule has 3 heteroatoms. The van der Waals surface area contributed by atoms with Gasteiger partial charge in [0.1, 0.15) is 0 Å². The van der Waals surface area contributed by atoms with Gasteiger partial charge in [0.05, 0.1) is 6.54 Å². The first-order chi connectivity index (χ1) is 8.46. The van der Waals surface area contributed by atoms with Gasteiger partial charge in [-0.15, -0.1) is 0 Å². The van der Waals surface area contributed by atoms with Crippen LogP contribution in [-0.4, -0.2) is 24.5 Å². The summed E-state index contributed by atoms with van der Waals surface area (Å²) in [5.74, 6) is 0.145. The Morgan fingerprint density at radius 2 is 2.00 bits per heavy atom. The molecule has 0 heterocycles. The van der Waals surface area contributed by atoms with Crippen molar-refractivity contribution in [2.45, 2.75) is 78.3 Å². The van der Waals surface area contributed by atoms with Crippen molar-refractivity contribution in [2.24, 2.45) is 5.41 Å². The first kappa shape index (κ1) is 15.5. The summed E-state index contributed by atoms with van der Waals surface area (Å²) in [7, 11) is 0. The Labute approximate surface area is 112 Å². The van der Waals surface area contributed by atoms with Gasteiger partial charge < -0.3 is 10.6 Å². The minimum atomic E-state index is 0.145. The fraction of sp³-hybridized carbons (Fsp3) is 0.933. The summed E-state index contributed by atoms with van der Waals surface area (Å²) < 4.78 is 0. The quantitative estimate of drug-likeness (QED) is 0.765. The van der Waals surface area contributed by atoms with E-state index in [2.05, 4.69) is 38.3 Å². The van der Waals surface area contributed by atoms with Crippen molar-refractivity contribution in [1.29, 1.82) is 0 Å². The molecule has 0 bridgehead atoms. The van der Waals surface area contributed by atoms with Gasteiger partial charge in [-0.25, -0.2) is 0 Å². The second-order valence-corrected chi connectivity index (χ2v) is 6.42. The Kier molecular flexibility index (Phi) is 6.13. The van der Waals surface area contributed by atoms with Crippen LogP contribution in [0.5, 0.6) is 0 Å². The Bertz CT molecular complexity index is 259. The van der Waals surface area contributed by atoms with E-state index in [9.17, 15) is 4.79 Å². The number of amides is 1. The average Bonchev–Trinajstić information content (AvgIpc) is 2.32. The van der Waals surface area contributed by atoms with Crippen LogP contribution >= 0.6 is 0 Å². The average molecular weight is 254 g/mol. The van der Waals surface area contributed by atoms with E-state index in [0.717, 1.165) is 12.8 Å². The van der Waals surface area contributed by atoms with Crippen LogP contribution in [0.4, 0.5) is 0 Å². The Morgan fingerprint density at radius 1 is 1.33 bits per heavy atom. The first-order valence-corrected chi connectivity index (χ1v) is 7.49. The summed E-state index contributed by atoms with van der Waals surface area (Å²) in [4.78, 5) is 11.8. The minimum absolute atomic E-state index is 0.145. The summed E-state index contributed by atoms with van der Waals surface area (Å²) in [6.45, 7) is 9.35. The molecule has 2 N–H and O–H groups in total. The highest BCUT2D eigenvalue weighted by Gasteiger charge is 2.27. The molecule has 18 heavy (non-hydrogen) atoms. The molecule has 1 saturated carbocycles. The van der Waals surface area contributed by atoms with Crippen LogP contribution < -0.4 is 10.6 Å². The molecule has 1 rings (SSSR count). The molecule has 1 aliphatic carbocycles. The standard InChI is InChI=1S/C15H30N2O/c1-5-12(6-2)17-14(18)11-16-13-8-7-9-15(3,4)10-13/h12-13,16H,5-11H2,1-4H3,(H,17,18). The smallest absolute Gasteiger partial charge is 0.234 e. The van der Waals surface area contributed by atoms with Crippen molar-refractivity contribution in [1.82, 2.24) is 10.6 Å². The highest BCUT2D eigenvalue weighted by atomic mass is 16.1. The topological polar surface area (TPSA) is 41.1 Å². The van der Waals surface area contributed by atoms with Crippen LogP contribution in [0.1, 0.15) is 66.2 Å². The van der Waals surface area contributed by atoms with E-state index in [-0.39, 0.29) is 5.91 Å². The van der Waals surface area contributed by atoms with E-state index in [1.165, 1.54) is 25.7 Å². The van der Waals surface area contributed by atoms with Gasteiger partial charge in [-0.1, -0.05) is 34.1 Å². The zero-order chi connectivity index (χ0) is 13.6. The van der Waals surface area contributed by atoms with Gasteiger partial charge in [-0.3, -0.25) is 4.79 Å². The van der Waals surface area contributed by atoms with Crippen molar-refractivity contribution in [3.8, 4) is 0 Å². The van der Waals surface area contributed by atoms with Gasteiger partial charge in [0.2, 0.25) is 5.91 Å². The Morgan fingerprint density at radius 3 is 2.56 bits per heavy atom. The lowest BCUT2D eigenvalue weighted by Gasteiger charge is -2.35. The lowest BCUT2D eigenvalue weighted by atomic mass is 9.75. The van der Waals surface area contributed by atoms with Gasteiger partial charge >= 0.3 is 0 Å². The summed E-state index contributed by atoms with van der Waals surface area (Å²) in [5.41, 5.74) is 0.432. The number of rotatable bonds is 6. The summed E-state index contributed by atoms with van der Waals surface area (Å²) >= 11 is 0. The third-order valence-corrected chi connectivity index (χ3v) is 4.11. The van der Waals surface area contributed by atoms with Crippen LogP contribution in [0.2, 0.25) is 0 Å². The lowest BCUT2D eigenvalue weighted by molar-refractivity contribution is -0.121. The predicted molar refractivity (Wildman–Crippen MR) is 76.6 cm³/mol. The van der Waals surface area contributed by atoms with Crippen molar-refractivity contribution < 1.29 is 4.79 Å². The number of nitrogens with one attached hydrogen (secondary N) is 2. The summed E-state index contributed by atoms with van der Waals surface area (Å²) in [6.07, 6.45) is 7.01. The van der Waals surface area contributed by atoms with E-state index in [1.54, 1.807) is 0 Å². The number of carbonyl (C=O) groups is 1. The van der Waals surface area contributed by atoms with Crippen LogP contribution in [-0.2, 0) is 4.79 Å². The molecule has 0 radical (unpaired) electrons. The fourth-order valence-corrected chi connectivity index (χ4v) is 2.88. The third-order valence-electron chi connectivity index (χ3n) is 4.11. The molecule has 0 aromatic heterocycles. The molecule has 1 atom stereocenters. The fourth-order valence-electron chi connectivity index (χ4n) is 2.88. The van der Waals surface area contributed by atoms with E-state index in [0.29, 0.717) is 24.0 Å². The van der Waals surface area contributed by atoms with Crippen LogP contribution in [0, 0.1) is 5.41 Å². The Balaban J connectivity index is 2.25. The minimum Gasteiger partial charge on any atom is -0.352 e. The molecule has 106 valence electrons. The van der Waals surface area contributed by atoms with Gasteiger partial charge in [0, 0.05) is 12.1 Å². The lowest BCUT2D eigenvalue weighted by Crippen LogP contribution is -2.45. The van der Waals surface area contributed by atoms with E-state index in [1.807, 2.05) is 0 Å². The monoisotopic (exact) mass is 254 g/mol. The maximum absolute atomic E-state index is 11.8. The summed E-state index contributed by atoms with van der Waals surface area (Å²) in [6, 6.07) is 0.850. The molecule has 1 aliphatic rings. The number of hydrogen-bond donors (Lipinski definition) is 2. The molecule has 1 fully saturated rings. The molecule has 1 amide bonds. The second-order valence-electron chi connectivity index (χ2n) is 6.42. The maximum atomic E-state index is 11.8. The van der Waals surface area contributed by atoms with E-state index < -0.39 is 0 Å².